The maximum atomic E-state index is 14.6. The van der Waals surface area contributed by atoms with Crippen molar-refractivity contribution in [3.8, 4) is 11.1 Å². The highest BCUT2D eigenvalue weighted by Gasteiger charge is 2.28. The van der Waals surface area contributed by atoms with Crippen LogP contribution >= 0.6 is 0 Å². The van der Waals surface area contributed by atoms with Crippen LogP contribution < -0.4 is 0 Å². The zero-order valence-electron chi connectivity index (χ0n) is 39.9. The van der Waals surface area contributed by atoms with E-state index in [-0.39, 0.29) is 42.9 Å². The van der Waals surface area contributed by atoms with Gasteiger partial charge in [0.05, 0.1) is 43.1 Å². The Bertz CT molecular complexity index is 3620. The molecule has 0 saturated carbocycles. The van der Waals surface area contributed by atoms with Gasteiger partial charge in [0.2, 0.25) is 0 Å². The minimum Gasteiger partial charge on any atom is -0.462 e. The summed E-state index contributed by atoms with van der Waals surface area (Å²) in [5, 5.41) is 25.7. The molecule has 0 aliphatic carbocycles. The van der Waals surface area contributed by atoms with Gasteiger partial charge in [-0.05, 0) is 139 Å². The number of esters is 3. The van der Waals surface area contributed by atoms with Crippen LogP contribution in [-0.4, -0.2) is 49.4 Å². The number of benzene rings is 10. The summed E-state index contributed by atoms with van der Waals surface area (Å²) in [5.74, 6) is -0.544. The van der Waals surface area contributed by atoms with Crippen LogP contribution in [0.25, 0.3) is 97.3 Å². The van der Waals surface area contributed by atoms with E-state index in [9.17, 15) is 19.5 Å². The van der Waals surface area contributed by atoms with Gasteiger partial charge >= 0.3 is 17.9 Å². The van der Waals surface area contributed by atoms with Gasteiger partial charge in [-0.1, -0.05) is 146 Å². The van der Waals surface area contributed by atoms with Gasteiger partial charge in [-0.15, -0.1) is 0 Å². The molecule has 0 heterocycles. The maximum absolute atomic E-state index is 14.6. The lowest BCUT2D eigenvalue weighted by Gasteiger charge is -2.23. The molecule has 0 amide bonds. The first-order valence-corrected chi connectivity index (χ1v) is 23.9. The molecule has 68 heavy (non-hydrogen) atoms. The molecule has 0 fully saturated rings. The third-order valence-corrected chi connectivity index (χ3v) is 13.0. The second kappa shape index (κ2) is 17.7. The van der Waals surface area contributed by atoms with Crippen molar-refractivity contribution in [2.24, 2.45) is 23.7 Å². The smallest absolute Gasteiger partial charge is 0.338 e. The van der Waals surface area contributed by atoms with Crippen molar-refractivity contribution in [1.82, 2.24) is 0 Å². The van der Waals surface area contributed by atoms with Crippen molar-refractivity contribution < 1.29 is 38.4 Å². The van der Waals surface area contributed by atoms with Crippen LogP contribution in [0.3, 0.4) is 0 Å². The molecule has 8 heteroatoms. The predicted molar refractivity (Wildman–Crippen MR) is 275 cm³/mol. The highest BCUT2D eigenvalue weighted by Crippen LogP contribution is 2.51. The number of hydrogen-bond acceptors (Lipinski definition) is 8. The molecule has 1 atom stereocenters. The van der Waals surface area contributed by atoms with Gasteiger partial charge in [-0.25, -0.2) is 14.4 Å². The SMILES string of the molecule is CC(C)COC(=O)c1ccc2c3cccc4c(C(=O)OCC(C)C)cc(-c5ccc6c(C(=O)OCC(C)C)ccc7c8ccc(C(O)OCC(C)C)c9cccc(c5c67)c98)c(c5cccc1c25)c43. The Balaban J connectivity index is 1.37. The largest absolute Gasteiger partial charge is 0.462 e. The number of rotatable bonds is 14. The molecule has 10 aromatic rings. The minimum atomic E-state index is -1.16. The summed E-state index contributed by atoms with van der Waals surface area (Å²) in [7, 11) is 0. The van der Waals surface area contributed by atoms with Gasteiger partial charge in [-0.3, -0.25) is 0 Å². The second-order valence-corrected chi connectivity index (χ2v) is 20.0. The van der Waals surface area contributed by atoms with Crippen molar-refractivity contribution in [2.45, 2.75) is 61.7 Å². The Morgan fingerprint density at radius 3 is 1.31 bits per heavy atom. The zero-order valence-corrected chi connectivity index (χ0v) is 39.9. The minimum absolute atomic E-state index is 0.119. The molecule has 8 nitrogen and oxygen atoms in total. The summed E-state index contributed by atoms with van der Waals surface area (Å²) in [6.07, 6.45) is -1.16. The third-order valence-electron chi connectivity index (χ3n) is 13.0. The molecule has 0 aliphatic rings. The Morgan fingerprint density at radius 2 is 0.765 bits per heavy atom. The molecule has 0 bridgehead atoms. The van der Waals surface area contributed by atoms with Crippen LogP contribution in [0.4, 0.5) is 0 Å². The third kappa shape index (κ3) is 7.51. The maximum Gasteiger partial charge on any atom is 0.338 e. The van der Waals surface area contributed by atoms with Crippen LogP contribution in [0.15, 0.2) is 109 Å². The second-order valence-electron chi connectivity index (χ2n) is 20.0. The number of aliphatic hydroxyl groups excluding tert-OH is 1. The highest BCUT2D eigenvalue weighted by molar-refractivity contribution is 6.41. The van der Waals surface area contributed by atoms with Crippen molar-refractivity contribution in [1.29, 1.82) is 0 Å². The number of carbonyl (C=O) groups excluding carboxylic acids is 3. The number of carbonyl (C=O) groups is 3. The molecular weight excluding hydrogens is 849 g/mol. The lowest BCUT2D eigenvalue weighted by Crippen LogP contribution is -2.12. The van der Waals surface area contributed by atoms with Crippen LogP contribution in [0.2, 0.25) is 0 Å². The first kappa shape index (κ1) is 44.9. The van der Waals surface area contributed by atoms with Crippen molar-refractivity contribution in [2.75, 3.05) is 26.4 Å². The quantitative estimate of drug-likeness (QED) is 0.0378. The van der Waals surface area contributed by atoms with Crippen LogP contribution in [0.5, 0.6) is 0 Å². The van der Waals surface area contributed by atoms with E-state index in [0.29, 0.717) is 35.5 Å². The highest BCUT2D eigenvalue weighted by atomic mass is 16.6. The fourth-order valence-corrected chi connectivity index (χ4v) is 10.1. The topological polar surface area (TPSA) is 108 Å². The molecule has 10 aromatic carbocycles. The number of hydrogen-bond donors (Lipinski definition) is 1. The van der Waals surface area contributed by atoms with Crippen LogP contribution in [-0.2, 0) is 18.9 Å². The summed E-state index contributed by atoms with van der Waals surface area (Å²) in [6.45, 7) is 17.4. The van der Waals surface area contributed by atoms with Gasteiger partial charge < -0.3 is 24.1 Å². The van der Waals surface area contributed by atoms with Gasteiger partial charge in [0, 0.05) is 5.56 Å². The normalized spacial score (nSPS) is 12.8. The molecule has 0 aliphatic heterocycles. The average Bonchev–Trinajstić information content (AvgIpc) is 3.33. The first-order valence-electron chi connectivity index (χ1n) is 23.9. The Kier molecular flexibility index (Phi) is 11.7. The summed E-state index contributed by atoms with van der Waals surface area (Å²) in [4.78, 5) is 42.4. The lowest BCUT2D eigenvalue weighted by molar-refractivity contribution is -0.109. The van der Waals surface area contributed by atoms with Gasteiger partial charge in [0.1, 0.15) is 0 Å². The molecule has 1 N–H and O–H groups in total. The molecule has 0 spiro atoms. The van der Waals surface area contributed by atoms with E-state index in [2.05, 4.69) is 38.1 Å². The zero-order chi connectivity index (χ0) is 47.7. The fraction of sp³-hybridized carbons (Fsp3) is 0.283. The van der Waals surface area contributed by atoms with E-state index in [4.69, 9.17) is 18.9 Å². The summed E-state index contributed by atoms with van der Waals surface area (Å²) >= 11 is 0. The Labute approximate surface area is 395 Å². The molecule has 0 radical (unpaired) electrons. The van der Waals surface area contributed by atoms with Crippen molar-refractivity contribution in [3.05, 3.63) is 131 Å². The van der Waals surface area contributed by atoms with E-state index >= 15 is 0 Å². The Morgan fingerprint density at radius 1 is 0.382 bits per heavy atom. The summed E-state index contributed by atoms with van der Waals surface area (Å²) < 4.78 is 23.8. The van der Waals surface area contributed by atoms with Crippen LogP contribution in [0, 0.1) is 23.7 Å². The first-order chi connectivity index (χ1) is 32.7. The van der Waals surface area contributed by atoms with Crippen LogP contribution in [0.1, 0.15) is 98.3 Å². The van der Waals surface area contributed by atoms with Gasteiger partial charge in [0.15, 0.2) is 6.29 Å². The van der Waals surface area contributed by atoms with Crippen molar-refractivity contribution >= 4 is 104 Å². The standard InChI is InChI=1S/C60H56O8/c1-31(2)27-65-57(61)44-23-20-39-35-12-9-15-38-50(60(64)68-30-34(7)8)26-49(56(53(35)38)48-17-11-14-36(44)51(39)48)43-19-18-42-46(59(63)67-29-33(5)6)25-22-41-40-21-24-45(58(62)66-28-32(3)4)37-13-10-16-47(52(37)40)55(43)54(41)42/h9-26,31-34,58,62H,27-30H2,1-8H3. The average molecular weight is 905 g/mol. The summed E-state index contributed by atoms with van der Waals surface area (Å²) in [6, 6.07) is 36.0. The molecule has 344 valence electrons. The van der Waals surface area contributed by atoms with E-state index in [1.807, 2.05) is 126 Å². The van der Waals surface area contributed by atoms with E-state index < -0.39 is 18.2 Å². The molecular formula is C60H56O8. The molecule has 0 aromatic heterocycles. The molecule has 0 saturated heterocycles. The van der Waals surface area contributed by atoms with Gasteiger partial charge in [-0.2, -0.15) is 0 Å². The number of fused-ring (bicyclic) bond motifs is 4. The molecule has 10 rings (SSSR count). The van der Waals surface area contributed by atoms with Gasteiger partial charge in [0.25, 0.3) is 0 Å². The number of ether oxygens (including phenoxy) is 4. The predicted octanol–water partition coefficient (Wildman–Crippen LogP) is 14.6. The van der Waals surface area contributed by atoms with E-state index in [1.54, 1.807) is 0 Å². The van der Waals surface area contributed by atoms with Crippen molar-refractivity contribution in [3.63, 3.8) is 0 Å². The lowest BCUT2D eigenvalue weighted by atomic mass is 9.80. The Hall–Kier alpha value is -6.87. The van der Waals surface area contributed by atoms with E-state index in [0.717, 1.165) is 97.3 Å². The molecule has 1 unspecified atom stereocenters. The number of aliphatic hydroxyl groups is 1. The van der Waals surface area contributed by atoms with E-state index in [1.165, 1.54) is 0 Å². The monoisotopic (exact) mass is 904 g/mol. The fourth-order valence-electron chi connectivity index (χ4n) is 10.1. The summed E-state index contributed by atoms with van der Waals surface area (Å²) in [5.41, 5.74) is 3.66.